The molecule has 2 unspecified atom stereocenters. The van der Waals surface area contributed by atoms with E-state index in [-0.39, 0.29) is 5.97 Å². The van der Waals surface area contributed by atoms with Crippen molar-refractivity contribution in [3.63, 3.8) is 0 Å². The van der Waals surface area contributed by atoms with Crippen LogP contribution in [-0.4, -0.2) is 18.9 Å². The van der Waals surface area contributed by atoms with Crippen molar-refractivity contribution in [3.05, 3.63) is 101 Å². The number of fused-ring (bicyclic) bond motifs is 8. The summed E-state index contributed by atoms with van der Waals surface area (Å²) < 4.78 is 24.1. The van der Waals surface area contributed by atoms with Gasteiger partial charge in [0, 0.05) is 23.8 Å². The molecule has 0 radical (unpaired) electrons. The molecule has 0 N–H and O–H groups in total. The van der Waals surface area contributed by atoms with Gasteiger partial charge in [-0.25, -0.2) is 4.79 Å². The number of rotatable bonds is 4. The zero-order chi connectivity index (χ0) is 22.6. The average molecular weight is 438 g/mol. The highest BCUT2D eigenvalue weighted by Crippen LogP contribution is 2.58. The summed E-state index contributed by atoms with van der Waals surface area (Å²) in [4.78, 5) is 13.1. The first-order valence-electron chi connectivity index (χ1n) is 11.1. The number of hydrogen-bond acceptors (Lipinski definition) is 5. The van der Waals surface area contributed by atoms with Gasteiger partial charge in [0.15, 0.2) is 11.9 Å². The van der Waals surface area contributed by atoms with Crippen LogP contribution in [0, 0.1) is 0 Å². The molecule has 4 aromatic carbocycles. The van der Waals surface area contributed by atoms with E-state index in [1.165, 1.54) is 0 Å². The molecular weight excluding hydrogens is 416 g/mol. The van der Waals surface area contributed by atoms with Crippen molar-refractivity contribution in [2.45, 2.75) is 25.7 Å². The van der Waals surface area contributed by atoms with Crippen LogP contribution in [0.1, 0.15) is 40.9 Å². The highest BCUT2D eigenvalue weighted by molar-refractivity contribution is 5.99. The van der Waals surface area contributed by atoms with Gasteiger partial charge in [-0.2, -0.15) is 0 Å². The molecule has 0 aromatic heterocycles. The van der Waals surface area contributed by atoms with Crippen molar-refractivity contribution in [2.75, 3.05) is 6.61 Å². The van der Waals surface area contributed by atoms with Gasteiger partial charge in [0.05, 0.1) is 11.1 Å². The van der Waals surface area contributed by atoms with E-state index < -0.39 is 11.9 Å². The number of ether oxygens (including phenoxy) is 4. The van der Waals surface area contributed by atoms with E-state index in [9.17, 15) is 4.79 Å². The lowest BCUT2D eigenvalue weighted by atomic mass is 9.76. The molecule has 6 rings (SSSR count). The van der Waals surface area contributed by atoms with Crippen molar-refractivity contribution in [2.24, 2.45) is 0 Å². The second-order valence-corrected chi connectivity index (χ2v) is 8.18. The molecular formula is C28H22O5. The molecule has 1 spiro atoms. The topological polar surface area (TPSA) is 54.0 Å². The highest BCUT2D eigenvalue weighted by atomic mass is 16.7. The van der Waals surface area contributed by atoms with E-state index in [2.05, 4.69) is 0 Å². The lowest BCUT2D eigenvalue weighted by molar-refractivity contribution is -0.0614. The predicted molar refractivity (Wildman–Crippen MR) is 124 cm³/mol. The minimum absolute atomic E-state index is 0.345. The van der Waals surface area contributed by atoms with E-state index in [4.69, 9.17) is 18.9 Å². The maximum Gasteiger partial charge on any atom is 0.340 e. The molecule has 0 saturated heterocycles. The van der Waals surface area contributed by atoms with E-state index in [1.54, 1.807) is 0 Å². The van der Waals surface area contributed by atoms with Crippen LogP contribution < -0.4 is 9.47 Å². The zero-order valence-corrected chi connectivity index (χ0v) is 18.3. The lowest BCUT2D eigenvalue weighted by Gasteiger charge is -2.37. The summed E-state index contributed by atoms with van der Waals surface area (Å²) in [6, 6.07) is 25.2. The summed E-state index contributed by atoms with van der Waals surface area (Å²) in [5.74, 6) is 1.51. The summed E-state index contributed by atoms with van der Waals surface area (Å²) in [6.07, 6.45) is -0.396. The fraction of sp³-hybridized carbons (Fsp3) is 0.179. The summed E-state index contributed by atoms with van der Waals surface area (Å²) in [5.41, 5.74) is 1.87. The molecule has 164 valence electrons. The Morgan fingerprint density at radius 3 is 2.61 bits per heavy atom. The van der Waals surface area contributed by atoms with Crippen molar-refractivity contribution in [3.8, 4) is 17.2 Å². The highest BCUT2D eigenvalue weighted by Gasteiger charge is 2.54. The fourth-order valence-corrected chi connectivity index (χ4v) is 4.97. The van der Waals surface area contributed by atoms with Crippen LogP contribution in [0.25, 0.3) is 10.8 Å². The van der Waals surface area contributed by atoms with E-state index in [0.29, 0.717) is 29.4 Å². The molecule has 0 fully saturated rings. The largest absolute Gasteiger partial charge is 0.465 e. The second kappa shape index (κ2) is 7.36. The van der Waals surface area contributed by atoms with Gasteiger partial charge in [0.2, 0.25) is 0 Å². The Kier molecular flexibility index (Phi) is 4.42. The normalized spacial score (nSPS) is 18.8. The number of esters is 1. The average Bonchev–Trinajstić information content (AvgIpc) is 3.12. The van der Waals surface area contributed by atoms with Gasteiger partial charge >= 0.3 is 5.97 Å². The van der Waals surface area contributed by atoms with Crippen LogP contribution in [0.5, 0.6) is 17.2 Å². The smallest absolute Gasteiger partial charge is 0.340 e. The summed E-state index contributed by atoms with van der Waals surface area (Å²) >= 11 is 0. The molecule has 2 aliphatic rings. The molecule has 0 bridgehead atoms. The van der Waals surface area contributed by atoms with E-state index in [0.717, 1.165) is 27.5 Å². The Morgan fingerprint density at radius 1 is 0.909 bits per heavy atom. The zero-order valence-electron chi connectivity index (χ0n) is 18.3. The van der Waals surface area contributed by atoms with Gasteiger partial charge in [-0.05, 0) is 48.9 Å². The molecule has 33 heavy (non-hydrogen) atoms. The van der Waals surface area contributed by atoms with E-state index >= 15 is 0 Å². The Morgan fingerprint density at radius 2 is 1.73 bits per heavy atom. The lowest BCUT2D eigenvalue weighted by Crippen LogP contribution is -2.33. The summed E-state index contributed by atoms with van der Waals surface area (Å²) in [6.45, 7) is 4.33. The van der Waals surface area contributed by atoms with Gasteiger partial charge < -0.3 is 18.9 Å². The van der Waals surface area contributed by atoms with Crippen LogP contribution in [0.3, 0.4) is 0 Å². The quantitative estimate of drug-likeness (QED) is 0.282. The Balaban J connectivity index is 1.62. The van der Waals surface area contributed by atoms with Crippen LogP contribution in [0.2, 0.25) is 0 Å². The summed E-state index contributed by atoms with van der Waals surface area (Å²) in [7, 11) is 0. The molecule has 0 aliphatic carbocycles. The molecule has 2 atom stereocenters. The minimum atomic E-state index is -1.11. The fourth-order valence-electron chi connectivity index (χ4n) is 4.97. The molecule has 0 amide bonds. The van der Waals surface area contributed by atoms with Gasteiger partial charge in [-0.1, -0.05) is 48.5 Å². The SMILES string of the molecule is CCOC(C)Oc1ccc2c(c1)Oc1ccc3ccccc3c1C21OC(=O)c2ccccc21. The standard InChI is InChI=1S/C28H22O5/c1-3-30-17(2)31-19-13-14-23-25(16-19)32-24-15-12-18-8-4-5-9-20(18)26(24)28(23)22-11-7-6-10-21(22)27(29)33-28/h4-17H,3H2,1-2H3. The molecule has 2 aliphatic heterocycles. The third-order valence-electron chi connectivity index (χ3n) is 6.27. The summed E-state index contributed by atoms with van der Waals surface area (Å²) in [5, 5.41) is 2.03. The van der Waals surface area contributed by atoms with Crippen LogP contribution >= 0.6 is 0 Å². The first-order valence-corrected chi connectivity index (χ1v) is 11.1. The number of carbonyl (C=O) groups excluding carboxylic acids is 1. The van der Waals surface area contributed by atoms with Crippen molar-refractivity contribution >= 4 is 16.7 Å². The number of hydrogen-bond donors (Lipinski definition) is 0. The van der Waals surface area contributed by atoms with Crippen LogP contribution in [0.4, 0.5) is 0 Å². The molecule has 4 aromatic rings. The van der Waals surface area contributed by atoms with Crippen LogP contribution in [-0.2, 0) is 15.1 Å². The van der Waals surface area contributed by atoms with Crippen molar-refractivity contribution < 1.29 is 23.7 Å². The first-order chi connectivity index (χ1) is 16.1. The van der Waals surface area contributed by atoms with Crippen molar-refractivity contribution in [1.29, 1.82) is 0 Å². The number of carbonyl (C=O) groups is 1. The predicted octanol–water partition coefficient (Wildman–Crippen LogP) is 6.17. The number of benzene rings is 4. The van der Waals surface area contributed by atoms with Gasteiger partial charge in [-0.3, -0.25) is 0 Å². The van der Waals surface area contributed by atoms with Crippen molar-refractivity contribution in [1.82, 2.24) is 0 Å². The maximum atomic E-state index is 13.1. The van der Waals surface area contributed by atoms with Gasteiger partial charge in [-0.15, -0.1) is 0 Å². The molecule has 2 heterocycles. The maximum absolute atomic E-state index is 13.1. The second-order valence-electron chi connectivity index (χ2n) is 8.18. The Bertz CT molecular complexity index is 1410. The molecule has 5 heteroatoms. The third-order valence-corrected chi connectivity index (χ3v) is 6.27. The van der Waals surface area contributed by atoms with Gasteiger partial charge in [0.25, 0.3) is 0 Å². The Hall–Kier alpha value is -3.83. The molecule has 5 nitrogen and oxygen atoms in total. The van der Waals surface area contributed by atoms with Gasteiger partial charge in [0.1, 0.15) is 17.2 Å². The monoisotopic (exact) mass is 438 g/mol. The minimum Gasteiger partial charge on any atom is -0.465 e. The first kappa shape index (κ1) is 19.8. The van der Waals surface area contributed by atoms with E-state index in [1.807, 2.05) is 92.7 Å². The molecule has 0 saturated carbocycles. The van der Waals surface area contributed by atoms with Crippen LogP contribution in [0.15, 0.2) is 78.9 Å². The Labute approximate surface area is 191 Å². The third kappa shape index (κ3) is 2.86.